The minimum atomic E-state index is -3.50. The lowest BCUT2D eigenvalue weighted by molar-refractivity contribution is 0.0626. The molecule has 0 radical (unpaired) electrons. The van der Waals surface area contributed by atoms with Crippen molar-refractivity contribution >= 4 is 10.0 Å². The fraction of sp³-hybridized carbons (Fsp3) is 0.600. The van der Waals surface area contributed by atoms with Gasteiger partial charge < -0.3 is 10.5 Å². The summed E-state index contributed by atoms with van der Waals surface area (Å²) in [6.45, 7) is 2.82. The van der Waals surface area contributed by atoms with Crippen LogP contribution in [0.3, 0.4) is 0 Å². The van der Waals surface area contributed by atoms with Crippen LogP contribution in [-0.2, 0) is 21.3 Å². The molecule has 1 aliphatic rings. The second-order valence-corrected chi connectivity index (χ2v) is 7.21. The average molecular weight is 312 g/mol. The molecular formula is C15H24N2O3S. The lowest BCUT2D eigenvalue weighted by Gasteiger charge is -2.13. The maximum atomic E-state index is 12.3. The van der Waals surface area contributed by atoms with Gasteiger partial charge in [-0.3, -0.25) is 0 Å². The molecule has 0 unspecified atom stereocenters. The molecule has 0 saturated heterocycles. The van der Waals surface area contributed by atoms with Crippen molar-refractivity contribution in [3.8, 4) is 0 Å². The van der Waals surface area contributed by atoms with E-state index in [9.17, 15) is 8.42 Å². The molecule has 0 amide bonds. The molecule has 2 rings (SSSR count). The maximum Gasteiger partial charge on any atom is 0.240 e. The number of ether oxygens (including phenoxy) is 1. The van der Waals surface area contributed by atoms with Crippen LogP contribution in [0.4, 0.5) is 0 Å². The van der Waals surface area contributed by atoms with Crippen molar-refractivity contribution in [2.24, 2.45) is 5.73 Å². The van der Waals surface area contributed by atoms with Gasteiger partial charge in [0.1, 0.15) is 0 Å². The Labute approximate surface area is 126 Å². The Morgan fingerprint density at radius 3 is 2.71 bits per heavy atom. The Kier molecular flexibility index (Phi) is 5.75. The highest BCUT2D eigenvalue weighted by atomic mass is 32.2. The first-order chi connectivity index (χ1) is 10.0. The highest BCUT2D eigenvalue weighted by molar-refractivity contribution is 7.89. The number of benzene rings is 1. The summed E-state index contributed by atoms with van der Waals surface area (Å²) >= 11 is 0. The molecule has 3 N–H and O–H groups in total. The zero-order valence-electron chi connectivity index (χ0n) is 12.5. The van der Waals surface area contributed by atoms with Crippen molar-refractivity contribution in [1.29, 1.82) is 0 Å². The third kappa shape index (κ3) is 4.51. The molecule has 1 aromatic rings. The van der Waals surface area contributed by atoms with Crippen LogP contribution in [0.5, 0.6) is 0 Å². The zero-order chi connectivity index (χ0) is 15.3. The van der Waals surface area contributed by atoms with E-state index in [4.69, 9.17) is 10.5 Å². The van der Waals surface area contributed by atoms with Gasteiger partial charge in [-0.1, -0.05) is 25.0 Å². The third-order valence-electron chi connectivity index (χ3n) is 3.83. The molecule has 0 atom stereocenters. The minimum Gasteiger partial charge on any atom is -0.377 e. The van der Waals surface area contributed by atoms with E-state index in [1.165, 1.54) is 12.8 Å². The molecule has 1 aliphatic carbocycles. The highest BCUT2D eigenvalue weighted by Gasteiger charge is 2.18. The van der Waals surface area contributed by atoms with E-state index in [1.54, 1.807) is 19.1 Å². The van der Waals surface area contributed by atoms with Gasteiger partial charge in [-0.05, 0) is 37.0 Å². The molecule has 0 aromatic heterocycles. The van der Waals surface area contributed by atoms with Crippen LogP contribution in [0, 0.1) is 6.92 Å². The van der Waals surface area contributed by atoms with E-state index in [0.717, 1.165) is 24.0 Å². The summed E-state index contributed by atoms with van der Waals surface area (Å²) in [5.74, 6) is 0. The topological polar surface area (TPSA) is 81.4 Å². The van der Waals surface area contributed by atoms with Crippen molar-refractivity contribution in [2.45, 2.75) is 50.2 Å². The van der Waals surface area contributed by atoms with Gasteiger partial charge >= 0.3 is 0 Å². The third-order valence-corrected chi connectivity index (χ3v) is 5.43. The number of rotatable bonds is 7. The van der Waals surface area contributed by atoms with Gasteiger partial charge in [0.15, 0.2) is 0 Å². The molecule has 6 heteroatoms. The Balaban J connectivity index is 1.91. The van der Waals surface area contributed by atoms with Crippen LogP contribution in [-0.4, -0.2) is 27.7 Å². The van der Waals surface area contributed by atoms with Gasteiger partial charge in [0.2, 0.25) is 10.0 Å². The molecule has 1 saturated carbocycles. The summed E-state index contributed by atoms with van der Waals surface area (Å²) in [6, 6.07) is 5.26. The lowest BCUT2D eigenvalue weighted by Crippen LogP contribution is -2.29. The SMILES string of the molecule is Cc1ccc(CN)cc1S(=O)(=O)NCCOC1CCCC1. The second kappa shape index (κ2) is 7.35. The van der Waals surface area contributed by atoms with E-state index in [1.807, 2.05) is 6.07 Å². The first-order valence-corrected chi connectivity index (χ1v) is 8.92. The Morgan fingerprint density at radius 2 is 2.05 bits per heavy atom. The van der Waals surface area contributed by atoms with Crippen LogP contribution >= 0.6 is 0 Å². The van der Waals surface area contributed by atoms with E-state index >= 15 is 0 Å². The van der Waals surface area contributed by atoms with Crippen molar-refractivity contribution in [3.63, 3.8) is 0 Å². The van der Waals surface area contributed by atoms with Gasteiger partial charge in [0, 0.05) is 13.1 Å². The van der Waals surface area contributed by atoms with Crippen LogP contribution in [0.1, 0.15) is 36.8 Å². The number of nitrogens with one attached hydrogen (secondary N) is 1. The predicted molar refractivity (Wildman–Crippen MR) is 82.5 cm³/mol. The number of aryl methyl sites for hydroxylation is 1. The van der Waals surface area contributed by atoms with Crippen molar-refractivity contribution < 1.29 is 13.2 Å². The molecule has 0 bridgehead atoms. The quantitative estimate of drug-likeness (QED) is 0.751. The first kappa shape index (κ1) is 16.4. The number of nitrogens with two attached hydrogens (primary N) is 1. The molecule has 1 fully saturated rings. The predicted octanol–water partition coefficient (Wildman–Crippen LogP) is 1.69. The van der Waals surface area contributed by atoms with E-state index in [2.05, 4.69) is 4.72 Å². The van der Waals surface area contributed by atoms with Crippen LogP contribution in [0.25, 0.3) is 0 Å². The minimum absolute atomic E-state index is 0.297. The summed E-state index contributed by atoms with van der Waals surface area (Å²) in [5.41, 5.74) is 7.10. The van der Waals surface area contributed by atoms with E-state index < -0.39 is 10.0 Å². The Hall–Kier alpha value is -0.950. The van der Waals surface area contributed by atoms with Crippen molar-refractivity contribution in [3.05, 3.63) is 29.3 Å². The van der Waals surface area contributed by atoms with Crippen LogP contribution in [0.15, 0.2) is 23.1 Å². The zero-order valence-corrected chi connectivity index (χ0v) is 13.3. The van der Waals surface area contributed by atoms with Gasteiger partial charge in [0.25, 0.3) is 0 Å². The fourth-order valence-electron chi connectivity index (χ4n) is 2.60. The maximum absolute atomic E-state index is 12.3. The molecule has 5 nitrogen and oxygen atoms in total. The molecular weight excluding hydrogens is 288 g/mol. The summed E-state index contributed by atoms with van der Waals surface area (Å²) in [7, 11) is -3.50. The standard InChI is InChI=1S/C15H24N2O3S/c1-12-6-7-13(11-16)10-15(12)21(18,19)17-8-9-20-14-4-2-3-5-14/h6-7,10,14,17H,2-5,8-9,11,16H2,1H3. The smallest absolute Gasteiger partial charge is 0.240 e. The Morgan fingerprint density at radius 1 is 1.33 bits per heavy atom. The van der Waals surface area contributed by atoms with Gasteiger partial charge in [-0.25, -0.2) is 13.1 Å². The van der Waals surface area contributed by atoms with Crippen LogP contribution < -0.4 is 10.5 Å². The monoisotopic (exact) mass is 312 g/mol. The molecule has 21 heavy (non-hydrogen) atoms. The largest absolute Gasteiger partial charge is 0.377 e. The van der Waals surface area contributed by atoms with Crippen molar-refractivity contribution in [1.82, 2.24) is 4.72 Å². The molecule has 1 aromatic carbocycles. The molecule has 0 aliphatic heterocycles. The first-order valence-electron chi connectivity index (χ1n) is 7.44. The number of hydrogen-bond donors (Lipinski definition) is 2. The van der Waals surface area contributed by atoms with Gasteiger partial charge in [-0.15, -0.1) is 0 Å². The summed E-state index contributed by atoms with van der Waals surface area (Å²) in [6.07, 6.45) is 4.90. The van der Waals surface area contributed by atoms with E-state index in [0.29, 0.717) is 30.7 Å². The number of sulfonamides is 1. The second-order valence-electron chi connectivity index (χ2n) is 5.48. The fourth-order valence-corrected chi connectivity index (χ4v) is 3.90. The van der Waals surface area contributed by atoms with E-state index in [-0.39, 0.29) is 0 Å². The average Bonchev–Trinajstić information content (AvgIpc) is 2.97. The van der Waals surface area contributed by atoms with Crippen molar-refractivity contribution in [2.75, 3.05) is 13.2 Å². The normalized spacial score (nSPS) is 16.5. The molecule has 0 spiro atoms. The molecule has 118 valence electrons. The highest BCUT2D eigenvalue weighted by Crippen LogP contribution is 2.20. The Bertz CT molecular complexity index is 566. The lowest BCUT2D eigenvalue weighted by atomic mass is 10.1. The van der Waals surface area contributed by atoms with Crippen LogP contribution in [0.2, 0.25) is 0 Å². The summed E-state index contributed by atoms with van der Waals surface area (Å²) in [5, 5.41) is 0. The number of hydrogen-bond acceptors (Lipinski definition) is 4. The van der Waals surface area contributed by atoms with Gasteiger partial charge in [0.05, 0.1) is 17.6 Å². The summed E-state index contributed by atoms with van der Waals surface area (Å²) in [4.78, 5) is 0.298. The van der Waals surface area contributed by atoms with Gasteiger partial charge in [-0.2, -0.15) is 0 Å². The summed E-state index contributed by atoms with van der Waals surface area (Å²) < 4.78 is 32.9. The molecule has 0 heterocycles.